The van der Waals surface area contributed by atoms with E-state index in [9.17, 15) is 14.9 Å². The molecule has 3 rings (SSSR count). The number of nitrogens with zero attached hydrogens (tertiary/aromatic N) is 3. The van der Waals surface area contributed by atoms with Crippen molar-refractivity contribution in [1.82, 2.24) is 9.55 Å². The number of fused-ring (bicyclic) bond motifs is 1. The van der Waals surface area contributed by atoms with Crippen molar-refractivity contribution in [3.05, 3.63) is 56.6 Å². The van der Waals surface area contributed by atoms with Crippen LogP contribution in [0.3, 0.4) is 0 Å². The van der Waals surface area contributed by atoms with E-state index in [4.69, 9.17) is 0 Å². The van der Waals surface area contributed by atoms with Gasteiger partial charge in [-0.25, -0.2) is 4.98 Å². The highest BCUT2D eigenvalue weighted by Gasteiger charge is 2.19. The van der Waals surface area contributed by atoms with E-state index in [0.29, 0.717) is 11.3 Å². The molecular weight excluding hydrogens is 270 g/mol. The monoisotopic (exact) mass is 285 g/mol. The predicted molar refractivity (Wildman–Crippen MR) is 78.2 cm³/mol. The van der Waals surface area contributed by atoms with E-state index < -0.39 is 4.92 Å². The van der Waals surface area contributed by atoms with Crippen molar-refractivity contribution >= 4 is 5.69 Å². The fourth-order valence-corrected chi connectivity index (χ4v) is 2.80. The van der Waals surface area contributed by atoms with E-state index >= 15 is 0 Å². The average molecular weight is 285 g/mol. The predicted octanol–water partition coefficient (Wildman–Crippen LogP) is 2.72. The highest BCUT2D eigenvalue weighted by Crippen LogP contribution is 2.25. The van der Waals surface area contributed by atoms with E-state index in [1.807, 2.05) is 6.92 Å². The number of aromatic nitrogens is 2. The first-order valence-electron chi connectivity index (χ1n) is 6.93. The number of benzene rings is 1. The van der Waals surface area contributed by atoms with Crippen molar-refractivity contribution in [2.24, 2.45) is 0 Å². The Hall–Kier alpha value is -2.50. The molecule has 1 aromatic heterocycles. The van der Waals surface area contributed by atoms with Crippen molar-refractivity contribution in [1.29, 1.82) is 0 Å². The third-order valence-electron chi connectivity index (χ3n) is 3.84. The molecule has 0 bridgehead atoms. The van der Waals surface area contributed by atoms with Crippen molar-refractivity contribution in [3.63, 3.8) is 0 Å². The van der Waals surface area contributed by atoms with Gasteiger partial charge in [0.15, 0.2) is 0 Å². The van der Waals surface area contributed by atoms with Gasteiger partial charge >= 0.3 is 0 Å². The SMILES string of the molecule is CC1CCCc2nc(-c3cccc([N+](=O)[O-])c3)cc(=O)n21. The highest BCUT2D eigenvalue weighted by molar-refractivity contribution is 5.62. The molecule has 1 aliphatic heterocycles. The lowest BCUT2D eigenvalue weighted by molar-refractivity contribution is -0.384. The molecule has 1 unspecified atom stereocenters. The Morgan fingerprint density at radius 3 is 2.95 bits per heavy atom. The van der Waals surface area contributed by atoms with Crippen LogP contribution in [0.15, 0.2) is 35.1 Å². The first-order chi connectivity index (χ1) is 10.1. The lowest BCUT2D eigenvalue weighted by atomic mass is 10.0. The van der Waals surface area contributed by atoms with Gasteiger partial charge in [0.25, 0.3) is 11.2 Å². The molecule has 0 fully saturated rings. The molecule has 1 atom stereocenters. The van der Waals surface area contributed by atoms with E-state index in [-0.39, 0.29) is 17.3 Å². The Kier molecular flexibility index (Phi) is 3.29. The molecule has 0 amide bonds. The third-order valence-corrected chi connectivity index (χ3v) is 3.84. The Bertz CT molecular complexity index is 767. The first kappa shape index (κ1) is 13.5. The molecule has 0 radical (unpaired) electrons. The zero-order chi connectivity index (χ0) is 15.0. The van der Waals surface area contributed by atoms with Crippen LogP contribution in [0.1, 0.15) is 31.6 Å². The standard InChI is InChI=1S/C15H15N3O3/c1-10-4-2-7-14-16-13(9-15(19)17(10)14)11-5-3-6-12(8-11)18(20)21/h3,5-6,8-10H,2,4,7H2,1H3. The summed E-state index contributed by atoms with van der Waals surface area (Å²) in [6, 6.07) is 7.84. The summed E-state index contributed by atoms with van der Waals surface area (Å²) >= 11 is 0. The largest absolute Gasteiger partial charge is 0.294 e. The Morgan fingerprint density at radius 1 is 1.38 bits per heavy atom. The molecule has 21 heavy (non-hydrogen) atoms. The molecule has 108 valence electrons. The minimum Gasteiger partial charge on any atom is -0.294 e. The zero-order valence-electron chi connectivity index (χ0n) is 11.7. The minimum atomic E-state index is -0.448. The number of nitro groups is 1. The van der Waals surface area contributed by atoms with Gasteiger partial charge < -0.3 is 0 Å². The Morgan fingerprint density at radius 2 is 2.19 bits per heavy atom. The molecule has 2 heterocycles. The number of nitro benzene ring substituents is 1. The van der Waals surface area contributed by atoms with Crippen molar-refractivity contribution in [2.45, 2.75) is 32.2 Å². The normalized spacial score (nSPS) is 17.3. The highest BCUT2D eigenvalue weighted by atomic mass is 16.6. The van der Waals surface area contributed by atoms with E-state index in [1.54, 1.807) is 16.7 Å². The number of hydrogen-bond acceptors (Lipinski definition) is 4. The quantitative estimate of drug-likeness (QED) is 0.627. The van der Waals surface area contributed by atoms with Gasteiger partial charge in [0.05, 0.1) is 10.6 Å². The molecule has 1 aromatic carbocycles. The molecule has 2 aromatic rings. The van der Waals surface area contributed by atoms with Crippen LogP contribution in [-0.2, 0) is 6.42 Å². The van der Waals surface area contributed by atoms with Gasteiger partial charge in [0.1, 0.15) is 5.82 Å². The van der Waals surface area contributed by atoms with Gasteiger partial charge in [-0.15, -0.1) is 0 Å². The summed E-state index contributed by atoms with van der Waals surface area (Å²) in [6.07, 6.45) is 2.75. The summed E-state index contributed by atoms with van der Waals surface area (Å²) in [5, 5.41) is 10.8. The summed E-state index contributed by atoms with van der Waals surface area (Å²) < 4.78 is 1.73. The maximum atomic E-state index is 12.3. The number of hydrogen-bond donors (Lipinski definition) is 0. The summed E-state index contributed by atoms with van der Waals surface area (Å²) in [5.41, 5.74) is 1.01. The van der Waals surface area contributed by atoms with Crippen LogP contribution in [0, 0.1) is 10.1 Å². The second-order valence-corrected chi connectivity index (χ2v) is 5.31. The number of non-ortho nitro benzene ring substituents is 1. The van der Waals surface area contributed by atoms with Crippen LogP contribution < -0.4 is 5.56 Å². The van der Waals surface area contributed by atoms with E-state index in [1.165, 1.54) is 18.2 Å². The van der Waals surface area contributed by atoms with Crippen LogP contribution >= 0.6 is 0 Å². The second-order valence-electron chi connectivity index (χ2n) is 5.31. The van der Waals surface area contributed by atoms with E-state index in [0.717, 1.165) is 25.1 Å². The van der Waals surface area contributed by atoms with Gasteiger partial charge in [-0.05, 0) is 19.8 Å². The van der Waals surface area contributed by atoms with Gasteiger partial charge in [-0.2, -0.15) is 0 Å². The summed E-state index contributed by atoms with van der Waals surface area (Å²) in [4.78, 5) is 27.2. The number of rotatable bonds is 2. The fraction of sp³-hybridized carbons (Fsp3) is 0.333. The van der Waals surface area contributed by atoms with Crippen LogP contribution in [0.4, 0.5) is 5.69 Å². The molecule has 0 spiro atoms. The average Bonchev–Trinajstić information content (AvgIpc) is 2.47. The molecule has 0 N–H and O–H groups in total. The smallest absolute Gasteiger partial charge is 0.270 e. The third kappa shape index (κ3) is 2.44. The van der Waals surface area contributed by atoms with Crippen LogP contribution in [0.2, 0.25) is 0 Å². The molecular formula is C15H15N3O3. The Labute approximate surface area is 121 Å². The van der Waals surface area contributed by atoms with Gasteiger partial charge in [-0.3, -0.25) is 19.5 Å². The fourth-order valence-electron chi connectivity index (χ4n) is 2.80. The topological polar surface area (TPSA) is 78.0 Å². The second kappa shape index (κ2) is 5.12. The summed E-state index contributed by atoms with van der Waals surface area (Å²) in [5.74, 6) is 0.766. The molecule has 6 heteroatoms. The van der Waals surface area contributed by atoms with E-state index in [2.05, 4.69) is 4.98 Å². The summed E-state index contributed by atoms with van der Waals surface area (Å²) in [6.45, 7) is 2.01. The molecule has 0 saturated heterocycles. The maximum Gasteiger partial charge on any atom is 0.270 e. The lowest BCUT2D eigenvalue weighted by Gasteiger charge is -2.24. The molecule has 6 nitrogen and oxygen atoms in total. The van der Waals surface area contributed by atoms with Crippen LogP contribution in [-0.4, -0.2) is 14.5 Å². The number of aryl methyl sites for hydroxylation is 1. The van der Waals surface area contributed by atoms with Gasteiger partial charge in [-0.1, -0.05) is 12.1 Å². The van der Waals surface area contributed by atoms with Crippen molar-refractivity contribution in [2.75, 3.05) is 0 Å². The van der Waals surface area contributed by atoms with Gasteiger partial charge in [0, 0.05) is 36.2 Å². The first-order valence-corrected chi connectivity index (χ1v) is 6.93. The van der Waals surface area contributed by atoms with Crippen LogP contribution in [0.5, 0.6) is 0 Å². The maximum absolute atomic E-state index is 12.3. The molecule has 1 aliphatic rings. The molecule has 0 aliphatic carbocycles. The van der Waals surface area contributed by atoms with Gasteiger partial charge in [0.2, 0.25) is 0 Å². The zero-order valence-corrected chi connectivity index (χ0v) is 11.7. The molecule has 0 saturated carbocycles. The van der Waals surface area contributed by atoms with Crippen LogP contribution in [0.25, 0.3) is 11.3 Å². The Balaban J connectivity index is 2.12. The lowest BCUT2D eigenvalue weighted by Crippen LogP contribution is -2.30. The minimum absolute atomic E-state index is 0.000454. The summed E-state index contributed by atoms with van der Waals surface area (Å²) in [7, 11) is 0. The van der Waals surface area contributed by atoms with Crippen molar-refractivity contribution < 1.29 is 4.92 Å². The van der Waals surface area contributed by atoms with Crippen molar-refractivity contribution in [3.8, 4) is 11.3 Å².